The fourth-order valence-corrected chi connectivity index (χ4v) is 4.27. The molecule has 132 valence electrons. The second-order valence-corrected chi connectivity index (χ2v) is 7.34. The molecular weight excluding hydrogens is 304 g/mol. The van der Waals surface area contributed by atoms with Crippen molar-refractivity contribution in [2.75, 3.05) is 26.2 Å². The number of likely N-dealkylation sites (tertiary alicyclic amines) is 2. The Morgan fingerprint density at radius 3 is 2.38 bits per heavy atom. The van der Waals surface area contributed by atoms with Gasteiger partial charge in [-0.15, -0.1) is 0 Å². The second kappa shape index (κ2) is 7.98. The maximum absolute atomic E-state index is 12.4. The second-order valence-electron chi connectivity index (χ2n) is 7.34. The minimum absolute atomic E-state index is 0.0364. The van der Waals surface area contributed by atoms with Crippen LogP contribution < -0.4 is 5.32 Å². The Balaban J connectivity index is 1.38. The summed E-state index contributed by atoms with van der Waals surface area (Å²) in [5, 5.41) is 12.4. The zero-order chi connectivity index (χ0) is 16.9. The smallest absolute Gasteiger partial charge is 0.237 e. The molecule has 2 heterocycles. The Labute approximate surface area is 144 Å². The highest BCUT2D eigenvalue weighted by Crippen LogP contribution is 2.27. The van der Waals surface area contributed by atoms with Gasteiger partial charge >= 0.3 is 0 Å². The van der Waals surface area contributed by atoms with Gasteiger partial charge in [0.25, 0.3) is 0 Å². The van der Waals surface area contributed by atoms with E-state index < -0.39 is 0 Å². The van der Waals surface area contributed by atoms with Crippen LogP contribution in [0.5, 0.6) is 0 Å². The van der Waals surface area contributed by atoms with Gasteiger partial charge in [0.1, 0.15) is 6.04 Å². The highest BCUT2D eigenvalue weighted by Gasteiger charge is 2.32. The quantitative estimate of drug-likeness (QED) is 0.841. The topological polar surface area (TPSA) is 76.4 Å². The summed E-state index contributed by atoms with van der Waals surface area (Å²) in [6.07, 6.45) is 7.77. The highest BCUT2D eigenvalue weighted by atomic mass is 16.2. The van der Waals surface area contributed by atoms with Gasteiger partial charge in [0.15, 0.2) is 0 Å². The number of nitrogens with zero attached hydrogens (tertiary/aromatic N) is 3. The van der Waals surface area contributed by atoms with Gasteiger partial charge in [0.05, 0.1) is 12.6 Å². The fraction of sp³-hybridized carbons (Fsp3) is 0.833. The number of hydrogen-bond acceptors (Lipinski definition) is 4. The van der Waals surface area contributed by atoms with Gasteiger partial charge in [-0.1, -0.05) is 0 Å². The molecule has 24 heavy (non-hydrogen) atoms. The first-order chi connectivity index (χ1) is 11.7. The molecule has 3 aliphatic rings. The van der Waals surface area contributed by atoms with Gasteiger partial charge in [-0.25, -0.2) is 0 Å². The number of hydrogen-bond donors (Lipinski definition) is 1. The minimum atomic E-state index is -0.242. The molecule has 2 amide bonds. The van der Waals surface area contributed by atoms with Gasteiger partial charge in [0, 0.05) is 31.6 Å². The summed E-state index contributed by atoms with van der Waals surface area (Å²) < 4.78 is 0. The third-order valence-corrected chi connectivity index (χ3v) is 5.76. The lowest BCUT2D eigenvalue weighted by Crippen LogP contribution is -2.45. The van der Waals surface area contributed by atoms with Gasteiger partial charge in [-0.3, -0.25) is 9.59 Å². The average molecular weight is 332 g/mol. The molecule has 1 N–H and O–H groups in total. The fourth-order valence-electron chi connectivity index (χ4n) is 4.27. The Morgan fingerprint density at radius 1 is 1.00 bits per heavy atom. The molecule has 3 fully saturated rings. The lowest BCUT2D eigenvalue weighted by molar-refractivity contribution is -0.136. The maximum atomic E-state index is 12.4. The Bertz CT molecular complexity index is 502. The van der Waals surface area contributed by atoms with Crippen molar-refractivity contribution in [3.8, 4) is 6.07 Å². The van der Waals surface area contributed by atoms with E-state index in [1.165, 1.54) is 0 Å². The van der Waals surface area contributed by atoms with Crippen LogP contribution in [0.15, 0.2) is 0 Å². The Kier molecular flexibility index (Phi) is 5.72. The molecule has 0 aromatic rings. The molecule has 1 aliphatic carbocycles. The summed E-state index contributed by atoms with van der Waals surface area (Å²) in [6.45, 7) is 2.88. The van der Waals surface area contributed by atoms with Crippen molar-refractivity contribution in [2.45, 2.75) is 63.5 Å². The van der Waals surface area contributed by atoms with Crippen LogP contribution in [-0.2, 0) is 9.59 Å². The van der Waals surface area contributed by atoms with Crippen molar-refractivity contribution in [3.63, 3.8) is 0 Å². The average Bonchev–Trinajstić information content (AvgIpc) is 3.30. The molecule has 0 bridgehead atoms. The third-order valence-electron chi connectivity index (χ3n) is 5.76. The largest absolute Gasteiger partial charge is 0.342 e. The zero-order valence-electron chi connectivity index (χ0n) is 14.4. The molecule has 0 radical (unpaired) electrons. The molecular formula is C18H28N4O2. The monoisotopic (exact) mass is 332 g/mol. The molecule has 0 spiro atoms. The lowest BCUT2D eigenvalue weighted by Gasteiger charge is -2.31. The molecule has 0 aromatic heterocycles. The number of rotatable bonds is 4. The summed E-state index contributed by atoms with van der Waals surface area (Å²) in [4.78, 5) is 28.4. The summed E-state index contributed by atoms with van der Waals surface area (Å²) in [5.74, 6) is 0.559. The van der Waals surface area contributed by atoms with Crippen molar-refractivity contribution in [1.82, 2.24) is 15.1 Å². The molecule has 3 rings (SSSR count). The molecule has 1 saturated carbocycles. The molecule has 6 nitrogen and oxygen atoms in total. The van der Waals surface area contributed by atoms with E-state index in [9.17, 15) is 9.59 Å². The molecule has 6 heteroatoms. The van der Waals surface area contributed by atoms with Crippen LogP contribution in [0.4, 0.5) is 0 Å². The van der Waals surface area contributed by atoms with Crippen molar-refractivity contribution < 1.29 is 9.59 Å². The van der Waals surface area contributed by atoms with Crippen LogP contribution in [0, 0.1) is 17.2 Å². The Morgan fingerprint density at radius 2 is 1.71 bits per heavy atom. The van der Waals surface area contributed by atoms with E-state index in [1.807, 2.05) is 4.90 Å². The third kappa shape index (κ3) is 3.89. The number of amides is 2. The van der Waals surface area contributed by atoms with Crippen molar-refractivity contribution in [1.29, 1.82) is 5.26 Å². The zero-order valence-corrected chi connectivity index (χ0v) is 14.4. The van der Waals surface area contributed by atoms with E-state index in [0.29, 0.717) is 25.0 Å². The standard InChI is InChI=1S/C18H28N4O2/c19-12-16-4-3-11-22(16)17(23)13-20-15-7-5-14(6-8-15)18(24)21-9-1-2-10-21/h14-16,20H,1-11,13H2/t14?,15?,16-/m0/s1. The molecule has 2 aliphatic heterocycles. The SMILES string of the molecule is N#C[C@@H]1CCCN1C(=O)CNC1CCC(C(=O)N2CCCC2)CC1. The highest BCUT2D eigenvalue weighted by molar-refractivity contribution is 5.80. The van der Waals surface area contributed by atoms with Crippen molar-refractivity contribution in [2.24, 2.45) is 5.92 Å². The van der Waals surface area contributed by atoms with E-state index in [1.54, 1.807) is 4.90 Å². The number of nitriles is 1. The number of carbonyl (C=O) groups is 2. The predicted molar refractivity (Wildman–Crippen MR) is 89.9 cm³/mol. The van der Waals surface area contributed by atoms with Gasteiger partial charge in [-0.2, -0.15) is 5.26 Å². The van der Waals surface area contributed by atoms with Crippen LogP contribution >= 0.6 is 0 Å². The van der Waals surface area contributed by atoms with Crippen LogP contribution in [0.2, 0.25) is 0 Å². The van der Waals surface area contributed by atoms with E-state index in [0.717, 1.165) is 64.5 Å². The number of carbonyl (C=O) groups excluding carboxylic acids is 2. The normalized spacial score (nSPS) is 30.4. The molecule has 2 saturated heterocycles. The van der Waals surface area contributed by atoms with Crippen molar-refractivity contribution >= 4 is 11.8 Å². The van der Waals surface area contributed by atoms with Gasteiger partial charge in [0.2, 0.25) is 11.8 Å². The molecule has 0 unspecified atom stereocenters. The Hall–Kier alpha value is -1.61. The molecule has 1 atom stereocenters. The minimum Gasteiger partial charge on any atom is -0.342 e. The summed E-state index contributed by atoms with van der Waals surface area (Å²) in [6, 6.07) is 2.29. The van der Waals surface area contributed by atoms with E-state index in [2.05, 4.69) is 11.4 Å². The van der Waals surface area contributed by atoms with Crippen LogP contribution in [0.1, 0.15) is 51.4 Å². The van der Waals surface area contributed by atoms with Crippen LogP contribution in [-0.4, -0.2) is 59.9 Å². The first-order valence-corrected chi connectivity index (χ1v) is 9.40. The van der Waals surface area contributed by atoms with Crippen LogP contribution in [0.25, 0.3) is 0 Å². The van der Waals surface area contributed by atoms with Crippen molar-refractivity contribution in [3.05, 3.63) is 0 Å². The van der Waals surface area contributed by atoms with E-state index >= 15 is 0 Å². The molecule has 0 aromatic carbocycles. The van der Waals surface area contributed by atoms with Gasteiger partial charge < -0.3 is 15.1 Å². The first kappa shape index (κ1) is 17.2. The first-order valence-electron chi connectivity index (χ1n) is 9.40. The van der Waals surface area contributed by atoms with Crippen LogP contribution in [0.3, 0.4) is 0 Å². The van der Waals surface area contributed by atoms with E-state index in [4.69, 9.17) is 5.26 Å². The lowest BCUT2D eigenvalue weighted by atomic mass is 9.85. The predicted octanol–water partition coefficient (Wildman–Crippen LogP) is 1.27. The summed E-state index contributed by atoms with van der Waals surface area (Å²) in [5.41, 5.74) is 0. The summed E-state index contributed by atoms with van der Waals surface area (Å²) >= 11 is 0. The number of nitrogens with one attached hydrogen (secondary N) is 1. The van der Waals surface area contributed by atoms with E-state index in [-0.39, 0.29) is 17.9 Å². The maximum Gasteiger partial charge on any atom is 0.237 e. The van der Waals surface area contributed by atoms with Gasteiger partial charge in [-0.05, 0) is 51.4 Å². The summed E-state index contributed by atoms with van der Waals surface area (Å²) in [7, 11) is 0.